The molecule has 1 aliphatic heterocycles. The van der Waals surface area contributed by atoms with Crippen molar-refractivity contribution in [3.8, 4) is 0 Å². The predicted octanol–water partition coefficient (Wildman–Crippen LogP) is 4.16. The smallest absolute Gasteiger partial charge is 0.207 e. The van der Waals surface area contributed by atoms with Gasteiger partial charge in [-0.1, -0.05) is 23.5 Å². The Morgan fingerprint density at radius 2 is 1.00 bits per heavy atom. The Kier molecular flexibility index (Phi) is 4.20. The monoisotopic (exact) mass is 412 g/mol. The summed E-state index contributed by atoms with van der Waals surface area (Å²) in [6.45, 7) is 0. The van der Waals surface area contributed by atoms with Crippen molar-refractivity contribution in [2.24, 2.45) is 0 Å². The van der Waals surface area contributed by atoms with Crippen LogP contribution in [0.15, 0.2) is 65.8 Å². The molecule has 3 rings (SSSR count). The molecule has 0 aliphatic carbocycles. The van der Waals surface area contributed by atoms with Crippen molar-refractivity contribution in [3.05, 3.63) is 36.4 Å². The van der Waals surface area contributed by atoms with Crippen LogP contribution < -0.4 is 0 Å². The van der Waals surface area contributed by atoms with Crippen LogP contribution in [0.25, 0.3) is 0 Å². The van der Waals surface area contributed by atoms with Gasteiger partial charge in [-0.15, -0.1) is 0 Å². The van der Waals surface area contributed by atoms with E-state index in [9.17, 15) is 16.8 Å². The van der Waals surface area contributed by atoms with E-state index >= 15 is 0 Å². The molecule has 2 aromatic rings. The Hall–Kier alpha value is -0.380. The van der Waals surface area contributed by atoms with E-state index in [1.165, 1.54) is 47.8 Å². The van der Waals surface area contributed by atoms with E-state index in [0.717, 1.165) is 19.6 Å². The second-order valence-electron chi connectivity index (χ2n) is 4.30. The van der Waals surface area contributed by atoms with Crippen molar-refractivity contribution in [1.29, 1.82) is 0 Å². The first-order valence-corrected chi connectivity index (χ1v) is 11.9. The van der Waals surface area contributed by atoms with Crippen LogP contribution in [0.1, 0.15) is 0 Å². The average molecular weight is 413 g/mol. The maximum absolute atomic E-state index is 11.4. The molecule has 0 unspecified atom stereocenters. The molecule has 2 aromatic carbocycles. The summed E-state index contributed by atoms with van der Waals surface area (Å²) >= 11 is 2.70. The van der Waals surface area contributed by atoms with E-state index in [1.807, 2.05) is 0 Å². The van der Waals surface area contributed by atoms with Gasteiger partial charge in [0.15, 0.2) is 0 Å². The SMILES string of the molecule is O=S(=O)(Cl)c1ccc2c(c1)Sc1ccc(S(=O)(=O)Cl)cc1S2. The summed E-state index contributed by atoms with van der Waals surface area (Å²) in [5, 5.41) is 0. The zero-order chi connectivity index (χ0) is 16.1. The van der Waals surface area contributed by atoms with Crippen LogP contribution in [-0.2, 0) is 18.1 Å². The molecule has 0 amide bonds. The van der Waals surface area contributed by atoms with Crippen LogP contribution in [0, 0.1) is 0 Å². The first-order chi connectivity index (χ1) is 10.1. The van der Waals surface area contributed by atoms with Gasteiger partial charge < -0.3 is 0 Å². The van der Waals surface area contributed by atoms with E-state index in [2.05, 4.69) is 0 Å². The summed E-state index contributed by atoms with van der Waals surface area (Å²) in [5.74, 6) is 0. The molecule has 116 valence electrons. The summed E-state index contributed by atoms with van der Waals surface area (Å²) in [6.07, 6.45) is 0. The molecule has 4 nitrogen and oxygen atoms in total. The van der Waals surface area contributed by atoms with Crippen molar-refractivity contribution in [1.82, 2.24) is 0 Å². The van der Waals surface area contributed by atoms with Crippen molar-refractivity contribution < 1.29 is 16.8 Å². The fraction of sp³-hybridized carbons (Fsp3) is 0. The van der Waals surface area contributed by atoms with E-state index < -0.39 is 18.1 Å². The maximum atomic E-state index is 11.4. The van der Waals surface area contributed by atoms with Gasteiger partial charge in [0, 0.05) is 40.9 Å². The first-order valence-electron chi connectivity index (χ1n) is 5.68. The van der Waals surface area contributed by atoms with E-state index in [-0.39, 0.29) is 9.79 Å². The lowest BCUT2D eigenvalue weighted by molar-refractivity contribution is 0.607. The third-order valence-electron chi connectivity index (χ3n) is 2.83. The highest BCUT2D eigenvalue weighted by Crippen LogP contribution is 2.49. The normalized spacial score (nSPS) is 14.3. The molecule has 1 heterocycles. The molecule has 10 heteroatoms. The fourth-order valence-electron chi connectivity index (χ4n) is 1.85. The zero-order valence-electron chi connectivity index (χ0n) is 10.5. The van der Waals surface area contributed by atoms with Gasteiger partial charge in [-0.25, -0.2) is 16.8 Å². The largest absolute Gasteiger partial charge is 0.261 e. The molecule has 0 bridgehead atoms. The number of rotatable bonds is 2. The third-order valence-corrected chi connectivity index (χ3v) is 8.06. The second-order valence-corrected chi connectivity index (χ2v) is 11.6. The van der Waals surface area contributed by atoms with E-state index in [4.69, 9.17) is 21.4 Å². The minimum Gasteiger partial charge on any atom is -0.207 e. The van der Waals surface area contributed by atoms with E-state index in [1.54, 1.807) is 12.1 Å². The molecule has 0 saturated heterocycles. The standard InChI is InChI=1S/C12H6Cl2O4S4/c13-21(15,16)7-1-3-9-11(5-7)20-10-4-2-8(22(14,17)18)6-12(10)19-9/h1-6H. The van der Waals surface area contributed by atoms with Crippen LogP contribution in [-0.4, -0.2) is 16.8 Å². The van der Waals surface area contributed by atoms with Gasteiger partial charge in [0.25, 0.3) is 18.1 Å². The minimum atomic E-state index is -3.79. The lowest BCUT2D eigenvalue weighted by Crippen LogP contribution is -1.96. The lowest BCUT2D eigenvalue weighted by atomic mass is 10.3. The number of benzene rings is 2. The summed E-state index contributed by atoms with van der Waals surface area (Å²) in [5.41, 5.74) is 0. The maximum Gasteiger partial charge on any atom is 0.261 e. The number of halogens is 2. The molecule has 0 fully saturated rings. The Balaban J connectivity index is 2.06. The molecule has 0 spiro atoms. The van der Waals surface area contributed by atoms with Gasteiger partial charge in [0.1, 0.15) is 0 Å². The molecule has 0 atom stereocenters. The molecule has 22 heavy (non-hydrogen) atoms. The van der Waals surface area contributed by atoms with Crippen LogP contribution >= 0.6 is 44.9 Å². The van der Waals surface area contributed by atoms with Crippen LogP contribution in [0.4, 0.5) is 0 Å². The Morgan fingerprint density at radius 1 is 0.636 bits per heavy atom. The summed E-state index contributed by atoms with van der Waals surface area (Å²) < 4.78 is 45.5. The molecular formula is C12H6Cl2O4S4. The summed E-state index contributed by atoms with van der Waals surface area (Å²) in [4.78, 5) is 3.21. The van der Waals surface area contributed by atoms with Gasteiger partial charge in [0.05, 0.1) is 9.79 Å². The zero-order valence-corrected chi connectivity index (χ0v) is 15.3. The fourth-order valence-corrected chi connectivity index (χ4v) is 5.82. The topological polar surface area (TPSA) is 68.3 Å². The average Bonchev–Trinajstić information content (AvgIpc) is 2.41. The molecule has 0 aromatic heterocycles. The minimum absolute atomic E-state index is 0.0319. The van der Waals surface area contributed by atoms with Crippen LogP contribution in [0.2, 0.25) is 0 Å². The van der Waals surface area contributed by atoms with E-state index in [0.29, 0.717) is 0 Å². The number of fused-ring (bicyclic) bond motifs is 2. The van der Waals surface area contributed by atoms with Gasteiger partial charge in [-0.05, 0) is 36.4 Å². The number of hydrogen-bond donors (Lipinski definition) is 0. The molecule has 0 saturated carbocycles. The van der Waals surface area contributed by atoms with Gasteiger partial charge in [0.2, 0.25) is 0 Å². The van der Waals surface area contributed by atoms with Crippen molar-refractivity contribution >= 4 is 63.0 Å². The van der Waals surface area contributed by atoms with Crippen molar-refractivity contribution in [2.45, 2.75) is 29.4 Å². The predicted molar refractivity (Wildman–Crippen MR) is 87.2 cm³/mol. The molecule has 1 aliphatic rings. The number of hydrogen-bond acceptors (Lipinski definition) is 6. The highest BCUT2D eigenvalue weighted by molar-refractivity contribution is 8.14. The Labute approximate surface area is 145 Å². The molecular weight excluding hydrogens is 407 g/mol. The van der Waals surface area contributed by atoms with Gasteiger partial charge in [-0.2, -0.15) is 0 Å². The van der Waals surface area contributed by atoms with Gasteiger partial charge >= 0.3 is 0 Å². The second kappa shape index (κ2) is 5.61. The quantitative estimate of drug-likeness (QED) is 0.588. The molecule has 0 N–H and O–H groups in total. The van der Waals surface area contributed by atoms with Crippen molar-refractivity contribution in [3.63, 3.8) is 0 Å². The third kappa shape index (κ3) is 3.27. The van der Waals surface area contributed by atoms with Crippen molar-refractivity contribution in [2.75, 3.05) is 0 Å². The lowest BCUT2D eigenvalue weighted by Gasteiger charge is -2.19. The first kappa shape index (κ1) is 16.5. The van der Waals surface area contributed by atoms with Crippen LogP contribution in [0.5, 0.6) is 0 Å². The van der Waals surface area contributed by atoms with Gasteiger partial charge in [-0.3, -0.25) is 0 Å². The Morgan fingerprint density at radius 3 is 1.32 bits per heavy atom. The highest BCUT2D eigenvalue weighted by Gasteiger charge is 2.22. The van der Waals surface area contributed by atoms with Crippen LogP contribution in [0.3, 0.4) is 0 Å². The highest BCUT2D eigenvalue weighted by atomic mass is 35.7. The Bertz CT molecular complexity index is 903. The molecule has 0 radical (unpaired) electrons. The summed E-state index contributed by atoms with van der Waals surface area (Å²) in [7, 11) is 3.12. The summed E-state index contributed by atoms with van der Waals surface area (Å²) in [6, 6.07) is 9.14.